The van der Waals surface area contributed by atoms with Crippen LogP contribution in [0.2, 0.25) is 0 Å². The summed E-state index contributed by atoms with van der Waals surface area (Å²) in [5, 5.41) is 4.63. The predicted molar refractivity (Wildman–Crippen MR) is 70.8 cm³/mol. The van der Waals surface area contributed by atoms with Crippen LogP contribution in [0.1, 0.15) is 51.3 Å². The Hall–Kier alpha value is -0.830. The van der Waals surface area contributed by atoms with E-state index in [1.54, 1.807) is 0 Å². The lowest BCUT2D eigenvalue weighted by Gasteiger charge is -2.20. The summed E-state index contributed by atoms with van der Waals surface area (Å²) in [6, 6.07) is 2.60. The highest BCUT2D eigenvalue weighted by Gasteiger charge is 2.24. The maximum Gasteiger partial charge on any atom is 0.0628 e. The molecule has 0 saturated heterocycles. The molecule has 1 fully saturated rings. The quantitative estimate of drug-likeness (QED) is 0.853. The van der Waals surface area contributed by atoms with E-state index in [-0.39, 0.29) is 0 Å². The van der Waals surface area contributed by atoms with Crippen molar-refractivity contribution in [2.24, 2.45) is 17.6 Å². The summed E-state index contributed by atoms with van der Waals surface area (Å²) >= 11 is 0. The van der Waals surface area contributed by atoms with Crippen molar-refractivity contribution >= 4 is 0 Å². The van der Waals surface area contributed by atoms with Gasteiger partial charge < -0.3 is 5.73 Å². The van der Waals surface area contributed by atoms with Crippen molar-refractivity contribution in [3.05, 3.63) is 18.0 Å². The standard InChI is InChI=1S/C14H25N3/c1-11(2)17-8-7-14(16-17)9-13(10-15)12-5-3-4-6-12/h7-8,11-13H,3-6,9-10,15H2,1-2H3. The van der Waals surface area contributed by atoms with Gasteiger partial charge in [-0.3, -0.25) is 4.68 Å². The van der Waals surface area contributed by atoms with Crippen LogP contribution < -0.4 is 5.73 Å². The van der Waals surface area contributed by atoms with Crippen LogP contribution in [0.3, 0.4) is 0 Å². The van der Waals surface area contributed by atoms with Gasteiger partial charge in [-0.1, -0.05) is 25.7 Å². The first kappa shape index (κ1) is 12.6. The van der Waals surface area contributed by atoms with Crippen LogP contribution in [0, 0.1) is 11.8 Å². The Morgan fingerprint density at radius 3 is 2.65 bits per heavy atom. The monoisotopic (exact) mass is 235 g/mol. The predicted octanol–water partition coefficient (Wildman–Crippen LogP) is 2.77. The fourth-order valence-electron chi connectivity index (χ4n) is 2.91. The first-order valence-electron chi connectivity index (χ1n) is 6.94. The van der Waals surface area contributed by atoms with Crippen LogP contribution in [0.5, 0.6) is 0 Å². The molecule has 1 heterocycles. The van der Waals surface area contributed by atoms with Crippen molar-refractivity contribution < 1.29 is 0 Å². The van der Waals surface area contributed by atoms with Crippen LogP contribution >= 0.6 is 0 Å². The Morgan fingerprint density at radius 1 is 1.41 bits per heavy atom. The highest BCUT2D eigenvalue weighted by molar-refractivity contribution is 5.02. The molecule has 2 N–H and O–H groups in total. The Bertz CT molecular complexity index is 337. The molecular formula is C14H25N3. The molecule has 1 aromatic heterocycles. The molecule has 0 bridgehead atoms. The minimum atomic E-state index is 0.451. The molecule has 0 aliphatic heterocycles. The molecule has 1 aliphatic carbocycles. The van der Waals surface area contributed by atoms with Gasteiger partial charge in [-0.25, -0.2) is 0 Å². The first-order valence-corrected chi connectivity index (χ1v) is 6.94. The van der Waals surface area contributed by atoms with E-state index in [1.165, 1.54) is 31.4 Å². The Balaban J connectivity index is 1.97. The molecule has 1 saturated carbocycles. The van der Waals surface area contributed by atoms with E-state index >= 15 is 0 Å². The van der Waals surface area contributed by atoms with E-state index in [9.17, 15) is 0 Å². The summed E-state index contributed by atoms with van der Waals surface area (Å²) in [6.45, 7) is 5.13. The number of rotatable bonds is 5. The van der Waals surface area contributed by atoms with Crippen molar-refractivity contribution in [2.75, 3.05) is 6.54 Å². The Labute approximate surface area is 104 Å². The number of hydrogen-bond acceptors (Lipinski definition) is 2. The normalized spacial score (nSPS) is 19.1. The van der Waals surface area contributed by atoms with E-state index in [0.29, 0.717) is 12.0 Å². The second kappa shape index (κ2) is 5.67. The van der Waals surface area contributed by atoms with Crippen LogP contribution in [-0.4, -0.2) is 16.3 Å². The van der Waals surface area contributed by atoms with Crippen LogP contribution in [0.4, 0.5) is 0 Å². The Morgan fingerprint density at radius 2 is 2.12 bits per heavy atom. The third-order valence-electron chi connectivity index (χ3n) is 4.03. The summed E-state index contributed by atoms with van der Waals surface area (Å²) in [5.74, 6) is 1.47. The molecule has 1 atom stereocenters. The van der Waals surface area contributed by atoms with E-state index in [2.05, 4.69) is 31.2 Å². The van der Waals surface area contributed by atoms with Gasteiger partial charge in [0, 0.05) is 12.2 Å². The van der Waals surface area contributed by atoms with Gasteiger partial charge >= 0.3 is 0 Å². The molecule has 3 nitrogen and oxygen atoms in total. The highest BCUT2D eigenvalue weighted by atomic mass is 15.3. The molecule has 0 aromatic carbocycles. The molecule has 3 heteroatoms. The molecule has 1 unspecified atom stereocenters. The lowest BCUT2D eigenvalue weighted by molar-refractivity contribution is 0.340. The molecular weight excluding hydrogens is 210 g/mol. The topological polar surface area (TPSA) is 43.8 Å². The molecule has 0 spiro atoms. The average Bonchev–Trinajstić information content (AvgIpc) is 2.96. The molecule has 1 aliphatic rings. The molecule has 0 amide bonds. The van der Waals surface area contributed by atoms with E-state index in [1.807, 2.05) is 4.68 Å². The first-order chi connectivity index (χ1) is 8.20. The van der Waals surface area contributed by atoms with Crippen LogP contribution in [0.15, 0.2) is 12.3 Å². The third-order valence-corrected chi connectivity index (χ3v) is 4.03. The smallest absolute Gasteiger partial charge is 0.0628 e. The average molecular weight is 235 g/mol. The number of nitrogens with zero attached hydrogens (tertiary/aromatic N) is 2. The number of hydrogen-bond donors (Lipinski definition) is 1. The fraction of sp³-hybridized carbons (Fsp3) is 0.786. The highest BCUT2D eigenvalue weighted by Crippen LogP contribution is 2.32. The van der Waals surface area contributed by atoms with Gasteiger partial charge in [0.15, 0.2) is 0 Å². The van der Waals surface area contributed by atoms with E-state index < -0.39 is 0 Å². The summed E-state index contributed by atoms with van der Waals surface area (Å²) in [5.41, 5.74) is 7.14. The zero-order valence-corrected chi connectivity index (χ0v) is 11.1. The molecule has 17 heavy (non-hydrogen) atoms. The van der Waals surface area contributed by atoms with Crippen molar-refractivity contribution in [2.45, 2.75) is 52.0 Å². The van der Waals surface area contributed by atoms with Gasteiger partial charge in [-0.2, -0.15) is 5.10 Å². The van der Waals surface area contributed by atoms with Crippen molar-refractivity contribution in [3.8, 4) is 0 Å². The number of aromatic nitrogens is 2. The maximum absolute atomic E-state index is 5.93. The SMILES string of the molecule is CC(C)n1ccc(CC(CN)C2CCCC2)n1. The zero-order chi connectivity index (χ0) is 12.3. The lowest BCUT2D eigenvalue weighted by atomic mass is 9.87. The molecule has 1 aromatic rings. The fourth-order valence-corrected chi connectivity index (χ4v) is 2.91. The van der Waals surface area contributed by atoms with Gasteiger partial charge in [0.05, 0.1) is 5.69 Å². The van der Waals surface area contributed by atoms with Gasteiger partial charge in [-0.15, -0.1) is 0 Å². The van der Waals surface area contributed by atoms with Crippen LogP contribution in [0.25, 0.3) is 0 Å². The van der Waals surface area contributed by atoms with Gasteiger partial charge in [0.2, 0.25) is 0 Å². The summed E-state index contributed by atoms with van der Waals surface area (Å²) in [6.07, 6.45) is 8.66. The maximum atomic E-state index is 5.93. The summed E-state index contributed by atoms with van der Waals surface area (Å²) in [4.78, 5) is 0. The molecule has 2 rings (SSSR count). The lowest BCUT2D eigenvalue weighted by Crippen LogP contribution is -2.24. The molecule has 96 valence electrons. The van der Waals surface area contributed by atoms with Crippen molar-refractivity contribution in [1.82, 2.24) is 9.78 Å². The second-order valence-corrected chi connectivity index (χ2v) is 5.63. The Kier molecular flexibility index (Phi) is 4.21. The van der Waals surface area contributed by atoms with Gasteiger partial charge in [-0.05, 0) is 44.7 Å². The summed E-state index contributed by atoms with van der Waals surface area (Å²) in [7, 11) is 0. The minimum absolute atomic E-state index is 0.451. The zero-order valence-electron chi connectivity index (χ0n) is 11.1. The van der Waals surface area contributed by atoms with Gasteiger partial charge in [0.25, 0.3) is 0 Å². The molecule has 0 radical (unpaired) electrons. The minimum Gasteiger partial charge on any atom is -0.330 e. The van der Waals surface area contributed by atoms with E-state index in [4.69, 9.17) is 5.73 Å². The van der Waals surface area contributed by atoms with Crippen molar-refractivity contribution in [1.29, 1.82) is 0 Å². The van der Waals surface area contributed by atoms with Crippen LogP contribution in [-0.2, 0) is 6.42 Å². The van der Waals surface area contributed by atoms with E-state index in [0.717, 1.165) is 18.9 Å². The van der Waals surface area contributed by atoms with Gasteiger partial charge in [0.1, 0.15) is 0 Å². The summed E-state index contributed by atoms with van der Waals surface area (Å²) < 4.78 is 2.04. The largest absolute Gasteiger partial charge is 0.330 e. The number of nitrogens with two attached hydrogens (primary N) is 1. The van der Waals surface area contributed by atoms with Crippen molar-refractivity contribution in [3.63, 3.8) is 0 Å². The second-order valence-electron chi connectivity index (χ2n) is 5.63. The third kappa shape index (κ3) is 3.09.